The third-order valence-electron chi connectivity index (χ3n) is 3.58. The second-order valence-corrected chi connectivity index (χ2v) is 5.68. The standard InChI is InChI=1S/C17H16ClN3O/c1-11-5-4-8-21-15(12(2)20-16(11)21)17(22)19-10-13-6-3-7-14(18)9-13/h3-9H,10H2,1-2H3,(H,19,22). The first-order valence-corrected chi connectivity index (χ1v) is 7.41. The van der Waals surface area contributed by atoms with Crippen molar-refractivity contribution in [3.63, 3.8) is 0 Å². The number of carbonyl (C=O) groups excluding carboxylic acids is 1. The van der Waals surface area contributed by atoms with Gasteiger partial charge in [0, 0.05) is 17.8 Å². The van der Waals surface area contributed by atoms with Crippen LogP contribution in [0.3, 0.4) is 0 Å². The largest absolute Gasteiger partial charge is 0.347 e. The van der Waals surface area contributed by atoms with E-state index in [9.17, 15) is 4.79 Å². The molecule has 2 aromatic heterocycles. The Morgan fingerprint density at radius 2 is 2.09 bits per heavy atom. The fourth-order valence-corrected chi connectivity index (χ4v) is 2.72. The number of pyridine rings is 1. The summed E-state index contributed by atoms with van der Waals surface area (Å²) in [6.45, 7) is 4.26. The number of halogens is 1. The summed E-state index contributed by atoms with van der Waals surface area (Å²) in [4.78, 5) is 17.0. The van der Waals surface area contributed by atoms with Crippen LogP contribution in [0.15, 0.2) is 42.6 Å². The Kier molecular flexibility index (Phi) is 3.86. The van der Waals surface area contributed by atoms with Gasteiger partial charge in [-0.1, -0.05) is 29.8 Å². The molecule has 112 valence electrons. The molecule has 0 spiro atoms. The summed E-state index contributed by atoms with van der Waals surface area (Å²) in [7, 11) is 0. The van der Waals surface area contributed by atoms with E-state index >= 15 is 0 Å². The summed E-state index contributed by atoms with van der Waals surface area (Å²) < 4.78 is 1.83. The van der Waals surface area contributed by atoms with Gasteiger partial charge in [-0.15, -0.1) is 0 Å². The molecule has 1 amide bonds. The molecule has 22 heavy (non-hydrogen) atoms. The number of fused-ring (bicyclic) bond motifs is 1. The quantitative estimate of drug-likeness (QED) is 0.804. The van der Waals surface area contributed by atoms with E-state index in [2.05, 4.69) is 10.3 Å². The van der Waals surface area contributed by atoms with Gasteiger partial charge >= 0.3 is 0 Å². The maximum absolute atomic E-state index is 12.5. The van der Waals surface area contributed by atoms with Gasteiger partial charge in [-0.25, -0.2) is 4.98 Å². The van der Waals surface area contributed by atoms with Crippen LogP contribution in [0.5, 0.6) is 0 Å². The maximum Gasteiger partial charge on any atom is 0.270 e. The van der Waals surface area contributed by atoms with Crippen LogP contribution in [0.2, 0.25) is 5.02 Å². The molecule has 0 radical (unpaired) electrons. The van der Waals surface area contributed by atoms with Gasteiger partial charge in [0.05, 0.1) is 5.69 Å². The van der Waals surface area contributed by atoms with Crippen molar-refractivity contribution in [2.75, 3.05) is 0 Å². The smallest absolute Gasteiger partial charge is 0.270 e. The van der Waals surface area contributed by atoms with Crippen molar-refractivity contribution in [1.82, 2.24) is 14.7 Å². The van der Waals surface area contributed by atoms with E-state index in [4.69, 9.17) is 11.6 Å². The van der Waals surface area contributed by atoms with Gasteiger partial charge in [0.1, 0.15) is 11.3 Å². The average molecular weight is 314 g/mol. The van der Waals surface area contributed by atoms with Crippen molar-refractivity contribution in [1.29, 1.82) is 0 Å². The number of hydrogen-bond acceptors (Lipinski definition) is 2. The van der Waals surface area contributed by atoms with E-state index in [1.165, 1.54) is 0 Å². The fourth-order valence-electron chi connectivity index (χ4n) is 2.50. The number of imidazole rings is 1. The van der Waals surface area contributed by atoms with Crippen molar-refractivity contribution < 1.29 is 4.79 Å². The number of aromatic nitrogens is 2. The Morgan fingerprint density at radius 3 is 2.86 bits per heavy atom. The highest BCUT2D eigenvalue weighted by atomic mass is 35.5. The minimum absolute atomic E-state index is 0.143. The molecule has 1 N–H and O–H groups in total. The number of hydrogen-bond donors (Lipinski definition) is 1. The van der Waals surface area contributed by atoms with E-state index in [1.54, 1.807) is 0 Å². The molecule has 2 heterocycles. The Bertz CT molecular complexity index is 854. The van der Waals surface area contributed by atoms with Gasteiger partial charge in [-0.05, 0) is 43.2 Å². The predicted octanol–water partition coefficient (Wildman–Crippen LogP) is 3.53. The molecule has 0 unspecified atom stereocenters. The summed E-state index contributed by atoms with van der Waals surface area (Å²) >= 11 is 5.95. The Morgan fingerprint density at radius 1 is 1.27 bits per heavy atom. The number of amides is 1. The molecule has 0 fully saturated rings. The van der Waals surface area contributed by atoms with Crippen molar-refractivity contribution in [3.05, 3.63) is 70.1 Å². The van der Waals surface area contributed by atoms with Crippen molar-refractivity contribution in [2.24, 2.45) is 0 Å². The topological polar surface area (TPSA) is 46.4 Å². The number of carbonyl (C=O) groups is 1. The zero-order valence-electron chi connectivity index (χ0n) is 12.4. The summed E-state index contributed by atoms with van der Waals surface area (Å²) in [5.41, 5.74) is 4.11. The molecule has 0 bridgehead atoms. The summed E-state index contributed by atoms with van der Waals surface area (Å²) in [5, 5.41) is 3.58. The first kappa shape index (κ1) is 14.6. The third-order valence-corrected chi connectivity index (χ3v) is 3.81. The van der Waals surface area contributed by atoms with E-state index in [0.717, 1.165) is 22.5 Å². The van der Waals surface area contributed by atoms with Crippen LogP contribution in [-0.4, -0.2) is 15.3 Å². The zero-order chi connectivity index (χ0) is 15.7. The highest BCUT2D eigenvalue weighted by Gasteiger charge is 2.16. The highest BCUT2D eigenvalue weighted by Crippen LogP contribution is 2.16. The number of aryl methyl sites for hydroxylation is 2. The molecule has 0 aliphatic heterocycles. The molecule has 0 aliphatic rings. The molecule has 0 atom stereocenters. The van der Waals surface area contributed by atoms with Crippen LogP contribution in [0.1, 0.15) is 27.3 Å². The third kappa shape index (κ3) is 2.70. The lowest BCUT2D eigenvalue weighted by atomic mass is 10.2. The first-order valence-electron chi connectivity index (χ1n) is 7.03. The lowest BCUT2D eigenvalue weighted by Gasteiger charge is -2.07. The monoisotopic (exact) mass is 313 g/mol. The highest BCUT2D eigenvalue weighted by molar-refractivity contribution is 6.30. The van der Waals surface area contributed by atoms with Gasteiger partial charge in [-0.3, -0.25) is 9.20 Å². The minimum Gasteiger partial charge on any atom is -0.347 e. The predicted molar refractivity (Wildman–Crippen MR) is 87.3 cm³/mol. The van der Waals surface area contributed by atoms with Crippen LogP contribution in [0.4, 0.5) is 0 Å². The molecule has 3 rings (SSSR count). The summed E-state index contributed by atoms with van der Waals surface area (Å²) in [6.07, 6.45) is 1.86. The number of nitrogens with zero attached hydrogens (tertiary/aromatic N) is 2. The lowest BCUT2D eigenvalue weighted by Crippen LogP contribution is -2.25. The van der Waals surface area contributed by atoms with Crippen LogP contribution >= 0.6 is 11.6 Å². The van der Waals surface area contributed by atoms with E-state index < -0.39 is 0 Å². The second kappa shape index (κ2) is 5.81. The minimum atomic E-state index is -0.143. The van der Waals surface area contributed by atoms with E-state index in [1.807, 2.05) is 60.8 Å². The molecular formula is C17H16ClN3O. The van der Waals surface area contributed by atoms with Crippen LogP contribution in [-0.2, 0) is 6.54 Å². The Labute approximate surface area is 133 Å². The van der Waals surface area contributed by atoms with E-state index in [-0.39, 0.29) is 5.91 Å². The van der Waals surface area contributed by atoms with Gasteiger partial charge in [-0.2, -0.15) is 0 Å². The van der Waals surface area contributed by atoms with Crippen LogP contribution in [0, 0.1) is 13.8 Å². The van der Waals surface area contributed by atoms with Gasteiger partial charge in [0.15, 0.2) is 0 Å². The molecule has 0 saturated carbocycles. The number of benzene rings is 1. The normalized spacial score (nSPS) is 10.9. The Hall–Kier alpha value is -2.33. The molecule has 1 aromatic carbocycles. The molecule has 3 aromatic rings. The van der Waals surface area contributed by atoms with Crippen molar-refractivity contribution in [2.45, 2.75) is 20.4 Å². The van der Waals surface area contributed by atoms with Gasteiger partial charge in [0.25, 0.3) is 5.91 Å². The SMILES string of the molecule is Cc1nc2c(C)cccn2c1C(=O)NCc1cccc(Cl)c1. The molecule has 0 saturated heterocycles. The van der Waals surface area contributed by atoms with E-state index in [0.29, 0.717) is 17.3 Å². The maximum atomic E-state index is 12.5. The van der Waals surface area contributed by atoms with Crippen LogP contribution < -0.4 is 5.32 Å². The zero-order valence-corrected chi connectivity index (χ0v) is 13.2. The van der Waals surface area contributed by atoms with Crippen molar-refractivity contribution in [3.8, 4) is 0 Å². The number of nitrogens with one attached hydrogen (secondary N) is 1. The first-order chi connectivity index (χ1) is 10.6. The second-order valence-electron chi connectivity index (χ2n) is 5.24. The van der Waals surface area contributed by atoms with Crippen LogP contribution in [0.25, 0.3) is 5.65 Å². The molecule has 0 aliphatic carbocycles. The summed E-state index contributed by atoms with van der Waals surface area (Å²) in [5.74, 6) is -0.143. The molecular weight excluding hydrogens is 298 g/mol. The Balaban J connectivity index is 1.86. The lowest BCUT2D eigenvalue weighted by molar-refractivity contribution is 0.0944. The average Bonchev–Trinajstić information content (AvgIpc) is 2.83. The summed E-state index contributed by atoms with van der Waals surface area (Å²) in [6, 6.07) is 11.3. The molecule has 5 heteroatoms. The van der Waals surface area contributed by atoms with Gasteiger partial charge < -0.3 is 5.32 Å². The van der Waals surface area contributed by atoms with Crippen molar-refractivity contribution >= 4 is 23.2 Å². The van der Waals surface area contributed by atoms with Gasteiger partial charge in [0.2, 0.25) is 0 Å². The fraction of sp³-hybridized carbons (Fsp3) is 0.176. The molecule has 4 nitrogen and oxygen atoms in total. The number of rotatable bonds is 3.